The normalized spacial score (nSPS) is 11.7. The van der Waals surface area contributed by atoms with Gasteiger partial charge in [0.05, 0.1) is 27.5 Å². The summed E-state index contributed by atoms with van der Waals surface area (Å²) in [6.07, 6.45) is 0.903. The first kappa shape index (κ1) is 26.5. The Morgan fingerprint density at radius 1 is 0.971 bits per heavy atom. The fraction of sp³-hybridized carbons (Fsp3) is 0.174. The minimum absolute atomic E-state index is 0.0184. The van der Waals surface area contributed by atoms with Crippen molar-refractivity contribution < 1.29 is 26.0 Å². The van der Waals surface area contributed by atoms with Crippen molar-refractivity contribution in [1.29, 1.82) is 0 Å². The van der Waals surface area contributed by atoms with Gasteiger partial charge in [-0.3, -0.25) is 13.8 Å². The van der Waals surface area contributed by atoms with Gasteiger partial charge in [0.1, 0.15) is 12.4 Å². The second-order valence-electron chi connectivity index (χ2n) is 7.86. The molecule has 0 spiro atoms. The fourth-order valence-corrected chi connectivity index (χ4v) is 5.28. The fourth-order valence-electron chi connectivity index (χ4n) is 3.14. The second-order valence-corrected chi connectivity index (χ2v) is 11.9. The van der Waals surface area contributed by atoms with E-state index in [1.807, 2.05) is 19.1 Å². The zero-order valence-corrected chi connectivity index (χ0v) is 21.4. The van der Waals surface area contributed by atoms with Crippen molar-refractivity contribution >= 4 is 54.6 Å². The van der Waals surface area contributed by atoms with Crippen LogP contribution in [0.5, 0.6) is 0 Å². The summed E-state index contributed by atoms with van der Waals surface area (Å²) in [7, 11) is -7.77. The van der Waals surface area contributed by atoms with Gasteiger partial charge in [-0.05, 0) is 73.5 Å². The van der Waals surface area contributed by atoms with Crippen LogP contribution in [0.3, 0.4) is 0 Å². The summed E-state index contributed by atoms with van der Waals surface area (Å²) in [5, 5.41) is 2.23. The van der Waals surface area contributed by atoms with Crippen LogP contribution < -0.4 is 14.3 Å². The standard InChI is InChI=1S/C23H23ClFN3O5S2/c1-15-4-5-16(2)22(12-15)27-35(32,33)19-9-6-17(7-10-19)26-23(29)14-28(34(3,30)31)18-8-11-21(25)20(24)13-18/h4-13,27H,14H2,1-3H3,(H,26,29). The number of amides is 1. The Hall–Kier alpha value is -3.15. The molecule has 0 radical (unpaired) electrons. The first-order valence-corrected chi connectivity index (χ1v) is 13.9. The summed E-state index contributed by atoms with van der Waals surface area (Å²) in [5.41, 5.74) is 2.40. The lowest BCUT2D eigenvalue weighted by Gasteiger charge is -2.22. The van der Waals surface area contributed by atoms with Crippen molar-refractivity contribution in [2.45, 2.75) is 18.7 Å². The summed E-state index contributed by atoms with van der Waals surface area (Å²) in [4.78, 5) is 12.5. The maximum absolute atomic E-state index is 13.5. The highest BCUT2D eigenvalue weighted by molar-refractivity contribution is 7.92. The minimum Gasteiger partial charge on any atom is -0.325 e. The van der Waals surface area contributed by atoms with E-state index in [4.69, 9.17) is 11.6 Å². The maximum Gasteiger partial charge on any atom is 0.261 e. The number of sulfonamides is 2. The zero-order valence-electron chi connectivity index (χ0n) is 19.0. The summed E-state index contributed by atoms with van der Waals surface area (Å²) in [5.74, 6) is -1.42. The molecule has 0 saturated carbocycles. The van der Waals surface area contributed by atoms with Gasteiger partial charge in [-0.1, -0.05) is 23.7 Å². The second kappa shape index (κ2) is 10.2. The van der Waals surface area contributed by atoms with Crippen molar-refractivity contribution in [2.24, 2.45) is 0 Å². The lowest BCUT2D eigenvalue weighted by atomic mass is 10.1. The molecule has 35 heavy (non-hydrogen) atoms. The molecule has 12 heteroatoms. The van der Waals surface area contributed by atoms with Gasteiger partial charge in [0, 0.05) is 5.69 Å². The SMILES string of the molecule is Cc1ccc(C)c(NS(=O)(=O)c2ccc(NC(=O)CN(c3ccc(F)c(Cl)c3)S(C)(=O)=O)cc2)c1. The highest BCUT2D eigenvalue weighted by Crippen LogP contribution is 2.25. The lowest BCUT2D eigenvalue weighted by Crippen LogP contribution is -2.37. The van der Waals surface area contributed by atoms with E-state index in [1.54, 1.807) is 13.0 Å². The Balaban J connectivity index is 1.74. The van der Waals surface area contributed by atoms with Gasteiger partial charge in [0.15, 0.2) is 0 Å². The number of carbonyl (C=O) groups excluding carboxylic acids is 1. The Morgan fingerprint density at radius 3 is 2.23 bits per heavy atom. The van der Waals surface area contributed by atoms with E-state index in [0.29, 0.717) is 5.69 Å². The Kier molecular flexibility index (Phi) is 7.73. The van der Waals surface area contributed by atoms with Crippen molar-refractivity contribution in [3.63, 3.8) is 0 Å². The van der Waals surface area contributed by atoms with Gasteiger partial charge in [0.25, 0.3) is 10.0 Å². The monoisotopic (exact) mass is 539 g/mol. The van der Waals surface area contributed by atoms with Crippen LogP contribution in [0.15, 0.2) is 65.6 Å². The molecule has 0 saturated heterocycles. The molecule has 3 aromatic carbocycles. The Bertz CT molecular complexity index is 1480. The Morgan fingerprint density at radius 2 is 1.63 bits per heavy atom. The number of aryl methyl sites for hydroxylation is 2. The van der Waals surface area contributed by atoms with Gasteiger partial charge in [-0.25, -0.2) is 21.2 Å². The van der Waals surface area contributed by atoms with Crippen molar-refractivity contribution in [3.8, 4) is 0 Å². The van der Waals surface area contributed by atoms with E-state index >= 15 is 0 Å². The zero-order chi connectivity index (χ0) is 26.0. The van der Waals surface area contributed by atoms with Crippen LogP contribution in [-0.2, 0) is 24.8 Å². The predicted molar refractivity (Wildman–Crippen MR) is 135 cm³/mol. The molecule has 0 atom stereocenters. The highest BCUT2D eigenvalue weighted by atomic mass is 35.5. The minimum atomic E-state index is -3.89. The molecule has 8 nitrogen and oxygen atoms in total. The molecule has 0 aliphatic rings. The molecule has 0 aliphatic carbocycles. The molecule has 0 fully saturated rings. The third-order valence-electron chi connectivity index (χ3n) is 4.96. The molecule has 0 unspecified atom stereocenters. The summed E-state index contributed by atoms with van der Waals surface area (Å²) in [6.45, 7) is 3.04. The van der Waals surface area contributed by atoms with Gasteiger partial charge in [0.2, 0.25) is 15.9 Å². The van der Waals surface area contributed by atoms with Gasteiger partial charge in [-0.2, -0.15) is 0 Å². The van der Waals surface area contributed by atoms with Gasteiger partial charge in [-0.15, -0.1) is 0 Å². The number of halogens is 2. The molecule has 0 bridgehead atoms. The molecule has 3 rings (SSSR count). The Labute approximate surface area is 208 Å². The molecule has 3 aromatic rings. The van der Waals surface area contributed by atoms with Crippen LogP contribution in [0.25, 0.3) is 0 Å². The van der Waals surface area contributed by atoms with E-state index in [0.717, 1.165) is 33.8 Å². The molecular weight excluding hydrogens is 517 g/mol. The molecular formula is C23H23ClFN3O5S2. The van der Waals surface area contributed by atoms with E-state index in [-0.39, 0.29) is 21.3 Å². The number of nitrogens with zero attached hydrogens (tertiary/aromatic N) is 1. The quantitative estimate of drug-likeness (QED) is 0.443. The summed E-state index contributed by atoms with van der Waals surface area (Å²) in [6, 6.07) is 14.1. The maximum atomic E-state index is 13.5. The van der Waals surface area contributed by atoms with E-state index < -0.39 is 38.3 Å². The summed E-state index contributed by atoms with van der Waals surface area (Å²) < 4.78 is 66.7. The predicted octanol–water partition coefficient (Wildman–Crippen LogP) is 4.30. The van der Waals surface area contributed by atoms with Crippen molar-refractivity contribution in [2.75, 3.05) is 27.1 Å². The molecule has 1 amide bonds. The number of benzene rings is 3. The lowest BCUT2D eigenvalue weighted by molar-refractivity contribution is -0.114. The topological polar surface area (TPSA) is 113 Å². The largest absolute Gasteiger partial charge is 0.325 e. The first-order chi connectivity index (χ1) is 16.3. The highest BCUT2D eigenvalue weighted by Gasteiger charge is 2.22. The molecule has 0 heterocycles. The van der Waals surface area contributed by atoms with E-state index in [2.05, 4.69) is 10.0 Å². The number of carbonyl (C=O) groups is 1. The molecule has 2 N–H and O–H groups in total. The van der Waals surface area contributed by atoms with Crippen molar-refractivity contribution in [1.82, 2.24) is 0 Å². The number of nitrogens with one attached hydrogen (secondary N) is 2. The number of anilines is 3. The van der Waals surface area contributed by atoms with Crippen LogP contribution in [0.1, 0.15) is 11.1 Å². The van der Waals surface area contributed by atoms with Gasteiger partial charge >= 0.3 is 0 Å². The smallest absolute Gasteiger partial charge is 0.261 e. The average molecular weight is 540 g/mol. The third-order valence-corrected chi connectivity index (χ3v) is 7.78. The van der Waals surface area contributed by atoms with Crippen molar-refractivity contribution in [3.05, 3.63) is 82.6 Å². The number of hydrogen-bond acceptors (Lipinski definition) is 5. The first-order valence-electron chi connectivity index (χ1n) is 10.2. The number of hydrogen-bond donors (Lipinski definition) is 2. The molecule has 0 aliphatic heterocycles. The molecule has 0 aromatic heterocycles. The average Bonchev–Trinajstić information content (AvgIpc) is 2.76. The number of rotatable bonds is 8. The van der Waals surface area contributed by atoms with Crippen LogP contribution in [0, 0.1) is 19.7 Å². The molecule has 186 valence electrons. The van der Waals surface area contributed by atoms with Crippen LogP contribution in [-0.4, -0.2) is 35.5 Å². The van der Waals surface area contributed by atoms with Crippen LogP contribution in [0.2, 0.25) is 5.02 Å². The third kappa shape index (κ3) is 6.71. The van der Waals surface area contributed by atoms with Gasteiger partial charge < -0.3 is 5.32 Å². The van der Waals surface area contributed by atoms with Crippen LogP contribution >= 0.6 is 11.6 Å². The van der Waals surface area contributed by atoms with E-state index in [1.165, 1.54) is 30.3 Å². The van der Waals surface area contributed by atoms with E-state index in [9.17, 15) is 26.0 Å². The van der Waals surface area contributed by atoms with Crippen LogP contribution in [0.4, 0.5) is 21.5 Å². The summed E-state index contributed by atoms with van der Waals surface area (Å²) >= 11 is 5.74.